The number of hydrogen-bond donors (Lipinski definition) is 2. The van der Waals surface area contributed by atoms with Crippen LogP contribution in [0.25, 0.3) is 0 Å². The molecule has 2 N–H and O–H groups in total. The van der Waals surface area contributed by atoms with E-state index in [1.165, 1.54) is 19.3 Å². The van der Waals surface area contributed by atoms with Gasteiger partial charge >= 0.3 is 0 Å². The lowest BCUT2D eigenvalue weighted by Gasteiger charge is -2.11. The summed E-state index contributed by atoms with van der Waals surface area (Å²) in [4.78, 5) is 0. The van der Waals surface area contributed by atoms with E-state index in [0.29, 0.717) is 0 Å². The van der Waals surface area contributed by atoms with E-state index in [0.717, 1.165) is 36.1 Å². The van der Waals surface area contributed by atoms with Crippen LogP contribution in [0.5, 0.6) is 0 Å². The average molecular weight is 179 g/mol. The standard InChI is InChI=1S/C10H17N3/c1-12-13-10-5-3-8-6-7(8)2-4-9(10)11/h7-8,11-12H,2-6H2,1H3/b11-9?,13-10+. The van der Waals surface area contributed by atoms with Crippen LogP contribution in [0.1, 0.15) is 32.1 Å². The monoisotopic (exact) mass is 179 g/mol. The van der Waals surface area contributed by atoms with E-state index < -0.39 is 0 Å². The molecule has 0 aromatic carbocycles. The summed E-state index contributed by atoms with van der Waals surface area (Å²) in [5.41, 5.74) is 4.52. The predicted octanol–water partition coefficient (Wildman–Crippen LogP) is 1.79. The number of hydrazone groups is 1. The number of fused-ring (bicyclic) bond motifs is 1. The van der Waals surface area contributed by atoms with Crippen molar-refractivity contribution in [1.82, 2.24) is 5.43 Å². The van der Waals surface area contributed by atoms with Gasteiger partial charge in [0.25, 0.3) is 0 Å². The van der Waals surface area contributed by atoms with Gasteiger partial charge in [0.1, 0.15) is 0 Å². The smallest absolute Gasteiger partial charge is 0.0810 e. The summed E-state index contributed by atoms with van der Waals surface area (Å²) in [6, 6.07) is 0. The van der Waals surface area contributed by atoms with Crippen LogP contribution in [-0.4, -0.2) is 18.5 Å². The SMILES string of the molecule is CN/N=C1\CCC2CC2CCC1=N. The molecule has 0 saturated heterocycles. The van der Waals surface area contributed by atoms with Crippen molar-refractivity contribution in [2.75, 3.05) is 7.05 Å². The normalized spacial score (nSPS) is 36.4. The van der Waals surface area contributed by atoms with Crippen LogP contribution in [0.4, 0.5) is 0 Å². The van der Waals surface area contributed by atoms with Crippen molar-refractivity contribution in [3.8, 4) is 0 Å². The maximum Gasteiger partial charge on any atom is 0.0810 e. The second-order valence-corrected chi connectivity index (χ2v) is 4.09. The van der Waals surface area contributed by atoms with Crippen molar-refractivity contribution in [3.05, 3.63) is 0 Å². The van der Waals surface area contributed by atoms with Crippen molar-refractivity contribution in [3.63, 3.8) is 0 Å². The molecule has 3 heteroatoms. The topological polar surface area (TPSA) is 48.2 Å². The highest BCUT2D eigenvalue weighted by molar-refractivity contribution is 6.41. The fraction of sp³-hybridized carbons (Fsp3) is 0.800. The number of nitrogens with one attached hydrogen (secondary N) is 2. The van der Waals surface area contributed by atoms with Crippen LogP contribution in [0.15, 0.2) is 5.10 Å². The molecule has 0 radical (unpaired) electrons. The molecule has 2 saturated carbocycles. The van der Waals surface area contributed by atoms with Gasteiger partial charge in [-0.15, -0.1) is 0 Å². The Kier molecular flexibility index (Phi) is 2.34. The van der Waals surface area contributed by atoms with Crippen molar-refractivity contribution < 1.29 is 0 Å². The van der Waals surface area contributed by atoms with E-state index >= 15 is 0 Å². The summed E-state index contributed by atoms with van der Waals surface area (Å²) < 4.78 is 0. The minimum Gasteiger partial charge on any atom is -0.313 e. The molecule has 0 aromatic rings. The first kappa shape index (κ1) is 8.73. The largest absolute Gasteiger partial charge is 0.313 e. The molecule has 0 bridgehead atoms. The van der Waals surface area contributed by atoms with E-state index in [-0.39, 0.29) is 0 Å². The molecule has 0 aromatic heterocycles. The Morgan fingerprint density at radius 2 is 2.00 bits per heavy atom. The first-order valence-electron chi connectivity index (χ1n) is 5.12. The molecule has 0 aliphatic heterocycles. The van der Waals surface area contributed by atoms with Crippen molar-refractivity contribution in [2.45, 2.75) is 32.1 Å². The summed E-state index contributed by atoms with van der Waals surface area (Å²) in [6.07, 6.45) is 5.79. The summed E-state index contributed by atoms with van der Waals surface area (Å²) in [5.74, 6) is 1.90. The molecule has 3 nitrogen and oxygen atoms in total. The third-order valence-electron chi connectivity index (χ3n) is 3.18. The molecule has 2 unspecified atom stereocenters. The van der Waals surface area contributed by atoms with Gasteiger partial charge in [-0.3, -0.25) is 0 Å². The number of rotatable bonds is 1. The maximum absolute atomic E-state index is 7.82. The van der Waals surface area contributed by atoms with E-state index in [9.17, 15) is 0 Å². The second-order valence-electron chi connectivity index (χ2n) is 4.09. The van der Waals surface area contributed by atoms with Gasteiger partial charge in [0.15, 0.2) is 0 Å². The van der Waals surface area contributed by atoms with E-state index in [2.05, 4.69) is 10.5 Å². The minimum absolute atomic E-state index is 0.750. The molecule has 72 valence electrons. The van der Waals surface area contributed by atoms with Crippen LogP contribution < -0.4 is 5.43 Å². The van der Waals surface area contributed by atoms with Crippen LogP contribution >= 0.6 is 0 Å². The van der Waals surface area contributed by atoms with E-state index in [1.54, 1.807) is 7.05 Å². The van der Waals surface area contributed by atoms with Crippen LogP contribution in [0.2, 0.25) is 0 Å². The molecular formula is C10H17N3. The van der Waals surface area contributed by atoms with Gasteiger partial charge in [-0.1, -0.05) is 0 Å². The third kappa shape index (κ3) is 1.90. The minimum atomic E-state index is 0.750. The quantitative estimate of drug-likeness (QED) is 0.592. The van der Waals surface area contributed by atoms with E-state index in [1.807, 2.05) is 0 Å². The third-order valence-corrected chi connectivity index (χ3v) is 3.18. The number of nitrogens with zero attached hydrogens (tertiary/aromatic N) is 1. The van der Waals surface area contributed by atoms with Crippen molar-refractivity contribution in [2.24, 2.45) is 16.9 Å². The lowest BCUT2D eigenvalue weighted by Crippen LogP contribution is -2.18. The molecule has 2 aliphatic rings. The van der Waals surface area contributed by atoms with Crippen LogP contribution in [-0.2, 0) is 0 Å². The molecule has 2 atom stereocenters. The van der Waals surface area contributed by atoms with Gasteiger partial charge in [-0.2, -0.15) is 5.10 Å². The summed E-state index contributed by atoms with van der Waals surface area (Å²) in [7, 11) is 1.80. The first-order valence-corrected chi connectivity index (χ1v) is 5.12. The fourth-order valence-electron chi connectivity index (χ4n) is 2.22. The number of hydrogen-bond acceptors (Lipinski definition) is 3. The van der Waals surface area contributed by atoms with E-state index in [4.69, 9.17) is 5.41 Å². The first-order chi connectivity index (χ1) is 6.31. The molecule has 0 heterocycles. The summed E-state index contributed by atoms with van der Waals surface area (Å²) >= 11 is 0. The zero-order chi connectivity index (χ0) is 9.26. The van der Waals surface area contributed by atoms with Gasteiger partial charge < -0.3 is 10.8 Å². The van der Waals surface area contributed by atoms with Gasteiger partial charge in [0.2, 0.25) is 0 Å². The van der Waals surface area contributed by atoms with Gasteiger partial charge in [0.05, 0.1) is 11.4 Å². The lowest BCUT2D eigenvalue weighted by molar-refractivity contribution is 0.622. The van der Waals surface area contributed by atoms with Crippen LogP contribution in [0, 0.1) is 17.2 Å². The maximum atomic E-state index is 7.82. The Hall–Kier alpha value is -0.860. The predicted molar refractivity (Wildman–Crippen MR) is 54.3 cm³/mol. The Bertz CT molecular complexity index is 245. The zero-order valence-electron chi connectivity index (χ0n) is 8.14. The van der Waals surface area contributed by atoms with Gasteiger partial charge in [-0.05, 0) is 43.9 Å². The summed E-state index contributed by atoms with van der Waals surface area (Å²) in [6.45, 7) is 0. The highest BCUT2D eigenvalue weighted by Crippen LogP contribution is 2.46. The van der Waals surface area contributed by atoms with Crippen molar-refractivity contribution in [1.29, 1.82) is 5.41 Å². The Labute approximate surface area is 79.1 Å². The van der Waals surface area contributed by atoms with Crippen molar-refractivity contribution >= 4 is 11.4 Å². The molecule has 13 heavy (non-hydrogen) atoms. The second kappa shape index (κ2) is 3.48. The zero-order valence-corrected chi connectivity index (χ0v) is 8.14. The highest BCUT2D eigenvalue weighted by atomic mass is 15.3. The molecule has 2 fully saturated rings. The fourth-order valence-corrected chi connectivity index (χ4v) is 2.22. The summed E-state index contributed by atoms with van der Waals surface area (Å²) in [5, 5.41) is 12.0. The Morgan fingerprint density at radius 1 is 1.31 bits per heavy atom. The highest BCUT2D eigenvalue weighted by Gasteiger charge is 2.37. The molecule has 0 amide bonds. The molecule has 2 aliphatic carbocycles. The molecule has 2 rings (SSSR count). The lowest BCUT2D eigenvalue weighted by atomic mass is 9.98. The average Bonchev–Trinajstić information content (AvgIpc) is 2.84. The Balaban J connectivity index is 2.01. The Morgan fingerprint density at radius 3 is 2.69 bits per heavy atom. The van der Waals surface area contributed by atoms with Gasteiger partial charge in [-0.25, -0.2) is 0 Å². The van der Waals surface area contributed by atoms with Gasteiger partial charge in [0, 0.05) is 7.05 Å². The molecular weight excluding hydrogens is 162 g/mol. The van der Waals surface area contributed by atoms with Crippen LogP contribution in [0.3, 0.4) is 0 Å². The molecule has 0 spiro atoms.